The molecule has 2 rings (SSSR count). The Hall–Kier alpha value is -1.89. The number of aromatic hydroxyl groups is 1. The van der Waals surface area contributed by atoms with Crippen molar-refractivity contribution < 1.29 is 5.11 Å². The van der Waals surface area contributed by atoms with E-state index in [1.54, 1.807) is 0 Å². The third-order valence-electron chi connectivity index (χ3n) is 4.21. The van der Waals surface area contributed by atoms with Gasteiger partial charge in [0.05, 0.1) is 0 Å². The van der Waals surface area contributed by atoms with Crippen LogP contribution in [0.3, 0.4) is 0 Å². The van der Waals surface area contributed by atoms with Gasteiger partial charge < -0.3 is 10.0 Å². The van der Waals surface area contributed by atoms with E-state index >= 15 is 0 Å². The fraction of sp³-hybridized carbons (Fsp3) is 0.688. The number of aromatic amines is 1. The number of nitrogens with zero attached hydrogens (tertiary/aromatic N) is 3. The van der Waals surface area contributed by atoms with Crippen molar-refractivity contribution in [1.82, 2.24) is 14.5 Å². The van der Waals surface area contributed by atoms with E-state index in [4.69, 9.17) is 0 Å². The standard InChI is InChI=1S/C16H26N4O3/c1-19(2)10-6-9-17-11-13-14(21)18-16(23)20(15(13)22)12-7-4-3-5-8-12/h11-12,22H,3-10H2,1-2H3,(H,18,21,23). The molecule has 23 heavy (non-hydrogen) atoms. The van der Waals surface area contributed by atoms with Crippen LogP contribution in [-0.2, 0) is 0 Å². The lowest BCUT2D eigenvalue weighted by atomic mass is 9.95. The Balaban J connectivity index is 2.20. The van der Waals surface area contributed by atoms with Gasteiger partial charge in [-0.2, -0.15) is 0 Å². The molecule has 0 unspecified atom stereocenters. The summed E-state index contributed by atoms with van der Waals surface area (Å²) in [6, 6.07) is -0.0472. The minimum Gasteiger partial charge on any atom is -0.494 e. The smallest absolute Gasteiger partial charge is 0.331 e. The van der Waals surface area contributed by atoms with Crippen LogP contribution >= 0.6 is 0 Å². The number of rotatable bonds is 6. The highest BCUT2D eigenvalue weighted by Gasteiger charge is 2.22. The summed E-state index contributed by atoms with van der Waals surface area (Å²) in [7, 11) is 3.97. The van der Waals surface area contributed by atoms with Crippen LogP contribution in [0.15, 0.2) is 14.6 Å². The van der Waals surface area contributed by atoms with E-state index < -0.39 is 11.2 Å². The van der Waals surface area contributed by atoms with Crippen molar-refractivity contribution in [2.75, 3.05) is 27.2 Å². The molecule has 0 aliphatic heterocycles. The maximum atomic E-state index is 12.1. The van der Waals surface area contributed by atoms with E-state index in [1.807, 2.05) is 14.1 Å². The molecule has 128 valence electrons. The number of hydrogen-bond acceptors (Lipinski definition) is 5. The maximum absolute atomic E-state index is 12.1. The maximum Gasteiger partial charge on any atom is 0.331 e. The normalized spacial score (nSPS) is 16.5. The zero-order valence-electron chi connectivity index (χ0n) is 13.9. The number of aromatic nitrogens is 2. The summed E-state index contributed by atoms with van der Waals surface area (Å²) in [5, 5.41) is 10.4. The molecule has 1 saturated carbocycles. The summed E-state index contributed by atoms with van der Waals surface area (Å²) in [6.45, 7) is 1.47. The van der Waals surface area contributed by atoms with Crippen LogP contribution < -0.4 is 11.2 Å². The summed E-state index contributed by atoms with van der Waals surface area (Å²) in [5.41, 5.74) is -1.06. The molecule has 7 nitrogen and oxygen atoms in total. The summed E-state index contributed by atoms with van der Waals surface area (Å²) in [6.07, 6.45) is 7.15. The molecule has 2 N–H and O–H groups in total. The van der Waals surface area contributed by atoms with Gasteiger partial charge in [-0.15, -0.1) is 0 Å². The Labute approximate surface area is 135 Å². The first kappa shape index (κ1) is 17.5. The summed E-state index contributed by atoms with van der Waals surface area (Å²) < 4.78 is 1.32. The molecule has 1 aliphatic rings. The molecule has 0 aromatic carbocycles. The van der Waals surface area contributed by atoms with Crippen LogP contribution in [0.5, 0.6) is 5.88 Å². The van der Waals surface area contributed by atoms with Crippen LogP contribution in [0.25, 0.3) is 0 Å². The lowest BCUT2D eigenvalue weighted by molar-refractivity contribution is 0.298. The molecular weight excluding hydrogens is 296 g/mol. The Morgan fingerprint density at radius 1 is 1.30 bits per heavy atom. The van der Waals surface area contributed by atoms with Gasteiger partial charge in [0.1, 0.15) is 5.56 Å². The summed E-state index contributed by atoms with van der Waals surface area (Å²) in [4.78, 5) is 32.6. The molecule has 0 spiro atoms. The topological polar surface area (TPSA) is 90.7 Å². The predicted molar refractivity (Wildman–Crippen MR) is 90.7 cm³/mol. The first-order chi connectivity index (χ1) is 11.0. The third kappa shape index (κ3) is 4.54. The van der Waals surface area contributed by atoms with Gasteiger partial charge in [0, 0.05) is 18.8 Å². The zero-order chi connectivity index (χ0) is 16.8. The van der Waals surface area contributed by atoms with E-state index in [9.17, 15) is 14.7 Å². The van der Waals surface area contributed by atoms with Crippen molar-refractivity contribution in [2.24, 2.45) is 4.99 Å². The molecule has 7 heteroatoms. The fourth-order valence-electron chi connectivity index (χ4n) is 2.98. The molecule has 1 aromatic rings. The van der Waals surface area contributed by atoms with Gasteiger partial charge in [-0.25, -0.2) is 4.79 Å². The van der Waals surface area contributed by atoms with Crippen LogP contribution in [-0.4, -0.2) is 53.0 Å². The second-order valence-electron chi connectivity index (χ2n) is 6.35. The Morgan fingerprint density at radius 2 is 2.00 bits per heavy atom. The predicted octanol–water partition coefficient (Wildman–Crippen LogP) is 1.12. The number of nitrogens with one attached hydrogen (secondary N) is 1. The SMILES string of the molecule is CN(C)CCCN=Cc1c(O)n(C2CCCCC2)c(=O)[nH]c1=O. The van der Waals surface area contributed by atoms with Crippen molar-refractivity contribution in [3.8, 4) is 5.88 Å². The van der Waals surface area contributed by atoms with Gasteiger partial charge in [-0.1, -0.05) is 19.3 Å². The minimum atomic E-state index is -0.587. The molecule has 0 radical (unpaired) electrons. The lowest BCUT2D eigenvalue weighted by Gasteiger charge is -2.24. The van der Waals surface area contributed by atoms with E-state index in [1.165, 1.54) is 10.8 Å². The van der Waals surface area contributed by atoms with Crippen LogP contribution in [0, 0.1) is 0 Å². The molecule has 0 saturated heterocycles. The van der Waals surface area contributed by atoms with E-state index in [2.05, 4.69) is 14.9 Å². The van der Waals surface area contributed by atoms with Crippen LogP contribution in [0.4, 0.5) is 0 Å². The first-order valence-electron chi connectivity index (χ1n) is 8.23. The van der Waals surface area contributed by atoms with E-state index in [0.29, 0.717) is 6.54 Å². The molecule has 1 aliphatic carbocycles. The number of hydrogen-bond donors (Lipinski definition) is 2. The largest absolute Gasteiger partial charge is 0.494 e. The van der Waals surface area contributed by atoms with Crippen molar-refractivity contribution >= 4 is 6.21 Å². The van der Waals surface area contributed by atoms with Crippen molar-refractivity contribution in [3.63, 3.8) is 0 Å². The first-order valence-corrected chi connectivity index (χ1v) is 8.23. The molecule has 1 fully saturated rings. The van der Waals surface area contributed by atoms with Gasteiger partial charge in [0.25, 0.3) is 5.56 Å². The quantitative estimate of drug-likeness (QED) is 0.606. The monoisotopic (exact) mass is 322 g/mol. The minimum absolute atomic E-state index is 0.0472. The highest BCUT2D eigenvalue weighted by Crippen LogP contribution is 2.29. The average molecular weight is 322 g/mol. The second kappa shape index (κ2) is 8.10. The number of H-pyrrole nitrogens is 1. The Morgan fingerprint density at radius 3 is 2.65 bits per heavy atom. The fourth-order valence-corrected chi connectivity index (χ4v) is 2.98. The zero-order valence-corrected chi connectivity index (χ0v) is 13.9. The molecule has 0 amide bonds. The average Bonchev–Trinajstić information content (AvgIpc) is 2.50. The molecular formula is C16H26N4O3. The van der Waals surface area contributed by atoms with Crippen molar-refractivity contribution in [1.29, 1.82) is 0 Å². The lowest BCUT2D eigenvalue weighted by Crippen LogP contribution is -2.35. The van der Waals surface area contributed by atoms with Crippen molar-refractivity contribution in [3.05, 3.63) is 26.4 Å². The van der Waals surface area contributed by atoms with Gasteiger partial charge in [0.15, 0.2) is 0 Å². The number of aliphatic imine (C=N–C) groups is 1. The van der Waals surface area contributed by atoms with Gasteiger partial charge >= 0.3 is 5.69 Å². The molecule has 0 bridgehead atoms. The molecule has 1 aromatic heterocycles. The summed E-state index contributed by atoms with van der Waals surface area (Å²) >= 11 is 0. The molecule has 0 atom stereocenters. The van der Waals surface area contributed by atoms with Crippen LogP contribution in [0.2, 0.25) is 0 Å². The second-order valence-corrected chi connectivity index (χ2v) is 6.35. The Kier molecular flexibility index (Phi) is 6.15. The van der Waals surface area contributed by atoms with Gasteiger partial charge in [0.2, 0.25) is 5.88 Å². The van der Waals surface area contributed by atoms with E-state index in [-0.39, 0.29) is 17.5 Å². The van der Waals surface area contributed by atoms with Crippen molar-refractivity contribution in [2.45, 2.75) is 44.6 Å². The van der Waals surface area contributed by atoms with E-state index in [0.717, 1.165) is 45.1 Å². The highest BCUT2D eigenvalue weighted by molar-refractivity contribution is 5.81. The Bertz CT molecular complexity index is 654. The highest BCUT2D eigenvalue weighted by atomic mass is 16.3. The molecule has 1 heterocycles. The third-order valence-corrected chi connectivity index (χ3v) is 4.21. The summed E-state index contributed by atoms with van der Waals surface area (Å²) in [5.74, 6) is -0.262. The van der Waals surface area contributed by atoms with Crippen LogP contribution in [0.1, 0.15) is 50.1 Å². The van der Waals surface area contributed by atoms with Gasteiger partial charge in [-0.05, 0) is 39.9 Å². The van der Waals surface area contributed by atoms with Gasteiger partial charge in [-0.3, -0.25) is 19.3 Å².